The number of aryl methyl sites for hydroxylation is 1. The van der Waals surface area contributed by atoms with Gasteiger partial charge >= 0.3 is 0 Å². The van der Waals surface area contributed by atoms with Crippen LogP contribution in [-0.4, -0.2) is 13.7 Å². The molecule has 4 heteroatoms. The molecule has 1 heterocycles. The lowest BCUT2D eigenvalue weighted by Crippen LogP contribution is -2.15. The highest BCUT2D eigenvalue weighted by Gasteiger charge is 2.19. The van der Waals surface area contributed by atoms with Crippen LogP contribution < -0.4 is 0 Å². The average Bonchev–Trinajstić information content (AvgIpc) is 2.62. The Bertz CT molecular complexity index is 636. The maximum absolute atomic E-state index is 11.9. The normalized spacial score (nSPS) is 12.5. The van der Waals surface area contributed by atoms with Crippen LogP contribution in [0.4, 0.5) is 0 Å². The minimum absolute atomic E-state index is 0.0428. The Morgan fingerprint density at radius 1 is 1.29 bits per heavy atom. The predicted octanol–water partition coefficient (Wildman–Crippen LogP) is 3.06. The van der Waals surface area contributed by atoms with E-state index in [-0.39, 0.29) is 11.0 Å². The van der Waals surface area contributed by atoms with Crippen LogP contribution in [0.1, 0.15) is 25.0 Å². The highest BCUT2D eigenvalue weighted by atomic mass is 32.2. The summed E-state index contributed by atoms with van der Waals surface area (Å²) in [6.07, 6.45) is 1.55. The van der Waals surface area contributed by atoms with Crippen LogP contribution in [-0.2, 0) is 15.6 Å². The Labute approximate surface area is 101 Å². The zero-order valence-electron chi connectivity index (χ0n) is 10.2. The van der Waals surface area contributed by atoms with E-state index in [1.54, 1.807) is 20.1 Å². The predicted molar refractivity (Wildman–Crippen MR) is 68.7 cm³/mol. The quantitative estimate of drug-likeness (QED) is 0.843. The first-order valence-electron chi connectivity index (χ1n) is 5.59. The van der Waals surface area contributed by atoms with Crippen LogP contribution in [0.2, 0.25) is 0 Å². The molecule has 0 spiro atoms. The number of furan rings is 1. The summed E-state index contributed by atoms with van der Waals surface area (Å²) >= 11 is 0. The van der Waals surface area contributed by atoms with Crippen molar-refractivity contribution in [2.24, 2.45) is 0 Å². The summed E-state index contributed by atoms with van der Waals surface area (Å²) in [4.78, 5) is 0. The monoisotopic (exact) mass is 252 g/mol. The van der Waals surface area contributed by atoms with E-state index in [0.717, 1.165) is 22.1 Å². The van der Waals surface area contributed by atoms with Crippen LogP contribution in [0.15, 0.2) is 28.9 Å². The van der Waals surface area contributed by atoms with Crippen molar-refractivity contribution in [3.8, 4) is 0 Å². The standard InChI is InChI=1S/C13H16O3S/c1-9(2)17(14,15)8-11-7-16-13-10(3)5-4-6-12(11)13/h4-7,9H,8H2,1-3H3. The molecule has 0 saturated heterocycles. The molecule has 2 rings (SSSR count). The molecule has 17 heavy (non-hydrogen) atoms. The summed E-state index contributed by atoms with van der Waals surface area (Å²) < 4.78 is 29.2. The van der Waals surface area contributed by atoms with Gasteiger partial charge in [0.15, 0.2) is 9.84 Å². The number of rotatable bonds is 3. The Balaban J connectivity index is 2.48. The van der Waals surface area contributed by atoms with Crippen molar-refractivity contribution in [2.45, 2.75) is 31.8 Å². The molecule has 92 valence electrons. The molecular weight excluding hydrogens is 236 g/mol. The minimum atomic E-state index is -3.09. The lowest BCUT2D eigenvalue weighted by Gasteiger charge is -2.06. The van der Waals surface area contributed by atoms with Gasteiger partial charge in [0.05, 0.1) is 17.3 Å². The summed E-state index contributed by atoms with van der Waals surface area (Å²) in [5.41, 5.74) is 2.55. The molecule has 0 amide bonds. The summed E-state index contributed by atoms with van der Waals surface area (Å²) in [7, 11) is -3.09. The average molecular weight is 252 g/mol. The molecule has 0 radical (unpaired) electrons. The van der Waals surface area contributed by atoms with Crippen LogP contribution in [0.3, 0.4) is 0 Å². The first-order valence-corrected chi connectivity index (χ1v) is 7.30. The van der Waals surface area contributed by atoms with Crippen molar-refractivity contribution in [1.29, 1.82) is 0 Å². The van der Waals surface area contributed by atoms with Crippen molar-refractivity contribution >= 4 is 20.8 Å². The third-order valence-electron chi connectivity index (χ3n) is 2.95. The zero-order valence-corrected chi connectivity index (χ0v) is 11.0. The first-order chi connectivity index (χ1) is 7.92. The van der Waals surface area contributed by atoms with Crippen molar-refractivity contribution in [3.05, 3.63) is 35.6 Å². The molecule has 0 N–H and O–H groups in total. The van der Waals surface area contributed by atoms with E-state index in [0.29, 0.717) is 0 Å². The Kier molecular flexibility index (Phi) is 3.00. The van der Waals surface area contributed by atoms with Gasteiger partial charge in [-0.15, -0.1) is 0 Å². The molecule has 0 unspecified atom stereocenters. The van der Waals surface area contributed by atoms with Crippen LogP contribution in [0, 0.1) is 6.92 Å². The summed E-state index contributed by atoms with van der Waals surface area (Å²) in [6.45, 7) is 5.35. The van der Waals surface area contributed by atoms with E-state index in [1.165, 1.54) is 0 Å². The molecule has 0 aliphatic rings. The fourth-order valence-electron chi connectivity index (χ4n) is 1.75. The highest BCUT2D eigenvalue weighted by Crippen LogP contribution is 2.26. The molecule has 0 aliphatic carbocycles. The topological polar surface area (TPSA) is 47.3 Å². The largest absolute Gasteiger partial charge is 0.464 e. The fraction of sp³-hybridized carbons (Fsp3) is 0.385. The van der Waals surface area contributed by atoms with E-state index < -0.39 is 9.84 Å². The third kappa shape index (κ3) is 2.22. The molecule has 1 aromatic carbocycles. The fourth-order valence-corrected chi connectivity index (χ4v) is 2.74. The van der Waals surface area contributed by atoms with Crippen molar-refractivity contribution in [1.82, 2.24) is 0 Å². The van der Waals surface area contributed by atoms with Crippen molar-refractivity contribution in [3.63, 3.8) is 0 Å². The highest BCUT2D eigenvalue weighted by molar-refractivity contribution is 7.91. The second-order valence-corrected chi connectivity index (χ2v) is 7.13. The number of fused-ring (bicyclic) bond motifs is 1. The van der Waals surface area contributed by atoms with Gasteiger partial charge in [-0.25, -0.2) is 8.42 Å². The van der Waals surface area contributed by atoms with Gasteiger partial charge in [-0.3, -0.25) is 0 Å². The van der Waals surface area contributed by atoms with Crippen molar-refractivity contribution in [2.75, 3.05) is 0 Å². The van der Waals surface area contributed by atoms with Gasteiger partial charge in [-0.05, 0) is 26.3 Å². The zero-order chi connectivity index (χ0) is 12.6. The maximum atomic E-state index is 11.9. The maximum Gasteiger partial charge on any atom is 0.156 e. The summed E-state index contributed by atoms with van der Waals surface area (Å²) in [5, 5.41) is 0.534. The van der Waals surface area contributed by atoms with Gasteiger partial charge in [-0.2, -0.15) is 0 Å². The SMILES string of the molecule is Cc1cccc2c(CS(=O)(=O)C(C)C)coc12. The lowest BCUT2D eigenvalue weighted by molar-refractivity contribution is 0.583. The van der Waals surface area contributed by atoms with Gasteiger partial charge in [0.2, 0.25) is 0 Å². The molecular formula is C13H16O3S. The summed E-state index contributed by atoms with van der Waals surface area (Å²) in [5.74, 6) is 0.0428. The number of para-hydroxylation sites is 1. The van der Waals surface area contributed by atoms with E-state index >= 15 is 0 Å². The van der Waals surface area contributed by atoms with Gasteiger partial charge in [0, 0.05) is 10.9 Å². The van der Waals surface area contributed by atoms with Gasteiger partial charge < -0.3 is 4.42 Å². The van der Waals surface area contributed by atoms with Gasteiger partial charge in [0.1, 0.15) is 5.58 Å². The number of benzene rings is 1. The second-order valence-electron chi connectivity index (χ2n) is 4.57. The molecule has 0 bridgehead atoms. The third-order valence-corrected chi connectivity index (χ3v) is 5.10. The second kappa shape index (κ2) is 4.18. The van der Waals surface area contributed by atoms with E-state index in [2.05, 4.69) is 0 Å². The van der Waals surface area contributed by atoms with Crippen LogP contribution in [0.25, 0.3) is 11.0 Å². The van der Waals surface area contributed by atoms with Crippen molar-refractivity contribution < 1.29 is 12.8 Å². The molecule has 0 atom stereocenters. The minimum Gasteiger partial charge on any atom is -0.464 e. The first kappa shape index (κ1) is 12.2. The molecule has 0 fully saturated rings. The van der Waals surface area contributed by atoms with Crippen LogP contribution in [0.5, 0.6) is 0 Å². The van der Waals surface area contributed by atoms with Crippen LogP contribution >= 0.6 is 0 Å². The smallest absolute Gasteiger partial charge is 0.156 e. The molecule has 2 aromatic rings. The van der Waals surface area contributed by atoms with Gasteiger partial charge in [-0.1, -0.05) is 18.2 Å². The number of hydrogen-bond acceptors (Lipinski definition) is 3. The van der Waals surface area contributed by atoms with E-state index in [4.69, 9.17) is 4.42 Å². The van der Waals surface area contributed by atoms with Gasteiger partial charge in [0.25, 0.3) is 0 Å². The van der Waals surface area contributed by atoms with E-state index in [9.17, 15) is 8.42 Å². The Hall–Kier alpha value is -1.29. The molecule has 3 nitrogen and oxygen atoms in total. The number of sulfone groups is 1. The molecule has 0 aliphatic heterocycles. The molecule has 0 saturated carbocycles. The number of hydrogen-bond donors (Lipinski definition) is 0. The Morgan fingerprint density at radius 2 is 2.00 bits per heavy atom. The Morgan fingerprint density at radius 3 is 2.65 bits per heavy atom. The van der Waals surface area contributed by atoms with E-state index in [1.807, 2.05) is 25.1 Å². The molecule has 1 aromatic heterocycles. The summed E-state index contributed by atoms with van der Waals surface area (Å²) in [6, 6.07) is 5.77. The lowest BCUT2D eigenvalue weighted by atomic mass is 10.1.